The summed E-state index contributed by atoms with van der Waals surface area (Å²) in [4.78, 5) is 19.5. The summed E-state index contributed by atoms with van der Waals surface area (Å²) in [6.45, 7) is 2.05. The van der Waals surface area contributed by atoms with Gasteiger partial charge in [-0.05, 0) is 36.8 Å². The number of aromatic nitrogens is 4. The van der Waals surface area contributed by atoms with E-state index >= 15 is 0 Å². The van der Waals surface area contributed by atoms with Crippen LogP contribution in [-0.2, 0) is 4.74 Å². The second-order valence-corrected chi connectivity index (χ2v) is 5.77. The molecule has 124 valence electrons. The zero-order valence-electron chi connectivity index (χ0n) is 13.9. The third kappa shape index (κ3) is 2.67. The van der Waals surface area contributed by atoms with Crippen LogP contribution in [0.4, 0.5) is 0 Å². The van der Waals surface area contributed by atoms with E-state index in [0.717, 1.165) is 27.8 Å². The molecule has 2 aromatic heterocycles. The molecule has 6 heteroatoms. The number of hydrogen-bond donors (Lipinski definition) is 1. The van der Waals surface area contributed by atoms with E-state index in [2.05, 4.69) is 15.1 Å². The van der Waals surface area contributed by atoms with E-state index in [1.54, 1.807) is 24.4 Å². The second kappa shape index (κ2) is 5.90. The monoisotopic (exact) mass is 332 g/mol. The number of ether oxygens (including phenoxy) is 1. The molecule has 1 N–H and O–H groups in total. The molecule has 0 bridgehead atoms. The third-order valence-corrected chi connectivity index (χ3v) is 4.12. The fourth-order valence-corrected chi connectivity index (χ4v) is 2.79. The number of nitrogens with one attached hydrogen (secondary N) is 1. The maximum atomic E-state index is 11.7. The number of aryl methyl sites for hydroxylation is 1. The van der Waals surface area contributed by atoms with Crippen LogP contribution >= 0.6 is 0 Å². The number of imidazole rings is 1. The Morgan fingerprint density at radius 1 is 1.20 bits per heavy atom. The summed E-state index contributed by atoms with van der Waals surface area (Å²) in [6, 6.07) is 13.3. The number of carbonyl (C=O) groups excluding carboxylic acids is 1. The first kappa shape index (κ1) is 15.1. The van der Waals surface area contributed by atoms with Crippen molar-refractivity contribution in [1.82, 2.24) is 19.7 Å². The van der Waals surface area contributed by atoms with Crippen molar-refractivity contribution in [2.45, 2.75) is 6.92 Å². The highest BCUT2D eigenvalue weighted by Gasteiger charge is 2.12. The number of esters is 1. The molecule has 0 saturated carbocycles. The summed E-state index contributed by atoms with van der Waals surface area (Å²) >= 11 is 0. The molecule has 6 nitrogen and oxygen atoms in total. The molecule has 25 heavy (non-hydrogen) atoms. The van der Waals surface area contributed by atoms with Gasteiger partial charge in [0.05, 0.1) is 41.2 Å². The number of carbonyl (C=O) groups is 1. The topological polar surface area (TPSA) is 72.8 Å². The summed E-state index contributed by atoms with van der Waals surface area (Å²) in [6.07, 6.45) is 3.70. The number of benzene rings is 2. The van der Waals surface area contributed by atoms with Crippen molar-refractivity contribution in [3.8, 4) is 17.1 Å². The van der Waals surface area contributed by atoms with Crippen molar-refractivity contribution in [3.63, 3.8) is 0 Å². The predicted molar refractivity (Wildman–Crippen MR) is 94.7 cm³/mol. The van der Waals surface area contributed by atoms with Crippen LogP contribution < -0.4 is 0 Å². The van der Waals surface area contributed by atoms with Crippen LogP contribution in [0.5, 0.6) is 0 Å². The van der Waals surface area contributed by atoms with Gasteiger partial charge < -0.3 is 9.72 Å². The zero-order chi connectivity index (χ0) is 17.4. The summed E-state index contributed by atoms with van der Waals surface area (Å²) in [5.74, 6) is 0.335. The Morgan fingerprint density at radius 3 is 2.84 bits per heavy atom. The minimum absolute atomic E-state index is 0.370. The van der Waals surface area contributed by atoms with Crippen molar-refractivity contribution in [2.24, 2.45) is 0 Å². The molecular weight excluding hydrogens is 316 g/mol. The maximum Gasteiger partial charge on any atom is 0.337 e. The summed E-state index contributed by atoms with van der Waals surface area (Å²) in [7, 11) is 1.37. The number of nitrogens with zero attached hydrogens (tertiary/aromatic N) is 3. The Kier molecular flexibility index (Phi) is 3.57. The highest BCUT2D eigenvalue weighted by atomic mass is 16.5. The van der Waals surface area contributed by atoms with E-state index < -0.39 is 0 Å². The Morgan fingerprint density at radius 2 is 2.04 bits per heavy atom. The van der Waals surface area contributed by atoms with Crippen LogP contribution in [0.15, 0.2) is 54.9 Å². The number of aromatic amines is 1. The van der Waals surface area contributed by atoms with Crippen molar-refractivity contribution in [2.75, 3.05) is 7.11 Å². The molecule has 2 heterocycles. The fourth-order valence-electron chi connectivity index (χ4n) is 2.79. The molecule has 0 saturated heterocycles. The Hall–Kier alpha value is -3.41. The first-order valence-electron chi connectivity index (χ1n) is 7.85. The standard InChI is InChI=1S/C19H16N4O2/c1-12-5-3-4-6-17(12)23-11-14(10-20-23)18-21-15-8-7-13(19(24)25-2)9-16(15)22-18/h3-11H,1-2H3,(H,21,22). The lowest BCUT2D eigenvalue weighted by atomic mass is 10.2. The van der Waals surface area contributed by atoms with Crippen LogP contribution in [-0.4, -0.2) is 32.8 Å². The average molecular weight is 332 g/mol. The third-order valence-electron chi connectivity index (χ3n) is 4.12. The first-order chi connectivity index (χ1) is 12.2. The molecule has 4 aromatic rings. The van der Waals surface area contributed by atoms with Crippen molar-refractivity contribution in [1.29, 1.82) is 0 Å². The van der Waals surface area contributed by atoms with E-state index in [1.807, 2.05) is 42.1 Å². The first-order valence-corrected chi connectivity index (χ1v) is 7.85. The van der Waals surface area contributed by atoms with Crippen LogP contribution in [0.3, 0.4) is 0 Å². The van der Waals surface area contributed by atoms with E-state index in [9.17, 15) is 4.79 Å². The van der Waals surface area contributed by atoms with Crippen molar-refractivity contribution < 1.29 is 9.53 Å². The lowest BCUT2D eigenvalue weighted by Gasteiger charge is -2.04. The van der Waals surface area contributed by atoms with Gasteiger partial charge in [-0.1, -0.05) is 18.2 Å². The van der Waals surface area contributed by atoms with Crippen LogP contribution in [0.25, 0.3) is 28.1 Å². The normalized spacial score (nSPS) is 11.0. The molecule has 0 aliphatic carbocycles. The number of methoxy groups -OCH3 is 1. The zero-order valence-corrected chi connectivity index (χ0v) is 13.9. The Bertz CT molecular complexity index is 1080. The highest BCUT2D eigenvalue weighted by Crippen LogP contribution is 2.23. The van der Waals surface area contributed by atoms with Gasteiger partial charge in [0.25, 0.3) is 0 Å². The van der Waals surface area contributed by atoms with Gasteiger partial charge >= 0.3 is 5.97 Å². The Balaban J connectivity index is 1.73. The molecule has 0 radical (unpaired) electrons. The maximum absolute atomic E-state index is 11.7. The van der Waals surface area contributed by atoms with Gasteiger partial charge in [0.2, 0.25) is 0 Å². The number of H-pyrrole nitrogens is 1. The molecule has 0 aliphatic rings. The van der Waals surface area contributed by atoms with E-state index in [4.69, 9.17) is 4.74 Å². The highest BCUT2D eigenvalue weighted by molar-refractivity contribution is 5.94. The Labute approximate surface area is 144 Å². The van der Waals surface area contributed by atoms with Crippen LogP contribution in [0.1, 0.15) is 15.9 Å². The van der Waals surface area contributed by atoms with Crippen molar-refractivity contribution in [3.05, 3.63) is 66.0 Å². The lowest BCUT2D eigenvalue weighted by molar-refractivity contribution is 0.0601. The molecule has 0 atom stereocenters. The van der Waals surface area contributed by atoms with Crippen molar-refractivity contribution >= 4 is 17.0 Å². The molecule has 0 unspecified atom stereocenters. The van der Waals surface area contributed by atoms with Gasteiger partial charge in [0.15, 0.2) is 0 Å². The molecule has 0 aliphatic heterocycles. The lowest BCUT2D eigenvalue weighted by Crippen LogP contribution is -2.00. The van der Waals surface area contributed by atoms with Gasteiger partial charge in [0.1, 0.15) is 5.82 Å². The number of hydrogen-bond acceptors (Lipinski definition) is 4. The fraction of sp³-hybridized carbons (Fsp3) is 0.105. The summed E-state index contributed by atoms with van der Waals surface area (Å²) in [5, 5.41) is 4.44. The van der Waals surface area contributed by atoms with Crippen LogP contribution in [0, 0.1) is 6.92 Å². The molecular formula is C19H16N4O2. The smallest absolute Gasteiger partial charge is 0.337 e. The average Bonchev–Trinajstić information content (AvgIpc) is 3.27. The number of para-hydroxylation sites is 1. The molecule has 0 fully saturated rings. The molecule has 2 aromatic carbocycles. The number of rotatable bonds is 3. The van der Waals surface area contributed by atoms with Crippen LogP contribution in [0.2, 0.25) is 0 Å². The van der Waals surface area contributed by atoms with Gasteiger partial charge in [-0.25, -0.2) is 14.5 Å². The second-order valence-electron chi connectivity index (χ2n) is 5.77. The number of fused-ring (bicyclic) bond motifs is 1. The predicted octanol–water partition coefficient (Wildman–Crippen LogP) is 3.51. The minimum Gasteiger partial charge on any atom is -0.465 e. The van der Waals surface area contributed by atoms with Gasteiger partial charge in [-0.2, -0.15) is 5.10 Å². The van der Waals surface area contributed by atoms with E-state index in [0.29, 0.717) is 11.4 Å². The largest absolute Gasteiger partial charge is 0.465 e. The van der Waals surface area contributed by atoms with E-state index in [-0.39, 0.29) is 5.97 Å². The molecule has 4 rings (SSSR count). The van der Waals surface area contributed by atoms with Gasteiger partial charge in [-0.3, -0.25) is 0 Å². The molecule has 0 amide bonds. The SMILES string of the molecule is COC(=O)c1ccc2nc(-c3cnn(-c4ccccc4C)c3)[nH]c2c1. The molecule has 0 spiro atoms. The van der Waals surface area contributed by atoms with E-state index in [1.165, 1.54) is 7.11 Å². The quantitative estimate of drug-likeness (QED) is 0.583. The van der Waals surface area contributed by atoms with Gasteiger partial charge in [-0.15, -0.1) is 0 Å². The van der Waals surface area contributed by atoms with Gasteiger partial charge in [0, 0.05) is 6.20 Å². The minimum atomic E-state index is -0.370. The summed E-state index contributed by atoms with van der Waals surface area (Å²) < 4.78 is 6.58. The summed E-state index contributed by atoms with van der Waals surface area (Å²) in [5.41, 5.74) is 5.09.